The highest BCUT2D eigenvalue weighted by atomic mass is 16.7. The van der Waals surface area contributed by atoms with E-state index in [-0.39, 0.29) is 5.91 Å². The molecule has 1 rings (SSSR count). The summed E-state index contributed by atoms with van der Waals surface area (Å²) in [5, 5.41) is 1.22. The number of likely N-dealkylation sites (N-methyl/N-ethyl adjacent to an activating group) is 1. The van der Waals surface area contributed by atoms with Crippen LogP contribution in [0.15, 0.2) is 53.6 Å². The molecule has 25 heavy (non-hydrogen) atoms. The van der Waals surface area contributed by atoms with Crippen molar-refractivity contribution in [1.82, 2.24) is 5.06 Å². The highest BCUT2D eigenvalue weighted by Gasteiger charge is 2.22. The summed E-state index contributed by atoms with van der Waals surface area (Å²) in [6.07, 6.45) is 6.32. The Hall–Kier alpha value is -1.91. The molecule has 138 valence electrons. The van der Waals surface area contributed by atoms with Crippen LogP contribution in [-0.4, -0.2) is 31.2 Å². The quantitative estimate of drug-likeness (QED) is 0.457. The average molecular weight is 345 g/mol. The summed E-state index contributed by atoms with van der Waals surface area (Å²) < 4.78 is 5.88. The third-order valence-electron chi connectivity index (χ3n) is 3.93. The maximum absolute atomic E-state index is 12.4. The molecule has 0 saturated carbocycles. The second-order valence-corrected chi connectivity index (χ2v) is 6.41. The van der Waals surface area contributed by atoms with Gasteiger partial charge in [-0.3, -0.25) is 9.63 Å². The summed E-state index contributed by atoms with van der Waals surface area (Å²) in [6, 6.07) is 9.86. The largest absolute Gasteiger partial charge is 0.363 e. The fraction of sp³-hybridized carbons (Fsp3) is 0.476. The van der Waals surface area contributed by atoms with Gasteiger partial charge in [-0.1, -0.05) is 53.6 Å². The molecule has 0 aliphatic carbocycles. The number of carbonyl (C=O) groups excluding carboxylic acids is 1. The molecule has 1 unspecified atom stereocenters. The third kappa shape index (κ3) is 8.66. The molecule has 0 aliphatic heterocycles. The highest BCUT2D eigenvalue weighted by Crippen LogP contribution is 2.13. The van der Waals surface area contributed by atoms with E-state index in [1.54, 1.807) is 7.05 Å². The van der Waals surface area contributed by atoms with Crippen LogP contribution in [0, 0.1) is 0 Å². The lowest BCUT2D eigenvalue weighted by molar-refractivity contribution is -0.181. The summed E-state index contributed by atoms with van der Waals surface area (Å²) in [5.41, 5.74) is 3.64. The van der Waals surface area contributed by atoms with Crippen molar-refractivity contribution in [3.63, 3.8) is 0 Å². The minimum Gasteiger partial charge on any atom is -0.363 e. The number of hydrogen-bond acceptors (Lipinski definition) is 3. The summed E-state index contributed by atoms with van der Waals surface area (Å²) in [7, 11) is 3.08. The number of allylic oxidation sites excluding steroid dienone is 3. The molecule has 0 saturated heterocycles. The number of hydrogen-bond donors (Lipinski definition) is 0. The molecule has 0 aromatic heterocycles. The van der Waals surface area contributed by atoms with Crippen LogP contribution in [0.25, 0.3) is 0 Å². The number of hydroxylamine groups is 2. The normalized spacial score (nSPS) is 12.6. The Morgan fingerprint density at radius 3 is 2.44 bits per heavy atom. The monoisotopic (exact) mass is 345 g/mol. The molecule has 0 aliphatic rings. The molecule has 1 atom stereocenters. The Bertz CT molecular complexity index is 574. The van der Waals surface area contributed by atoms with E-state index in [0.29, 0.717) is 13.0 Å². The first-order valence-corrected chi connectivity index (χ1v) is 8.70. The fourth-order valence-electron chi connectivity index (χ4n) is 2.30. The maximum Gasteiger partial charge on any atom is 0.275 e. The molecule has 1 amide bonds. The van der Waals surface area contributed by atoms with Crippen molar-refractivity contribution in [1.29, 1.82) is 0 Å². The van der Waals surface area contributed by atoms with Crippen LogP contribution in [0.5, 0.6) is 0 Å². The number of ether oxygens (including phenoxy) is 1. The van der Waals surface area contributed by atoms with Gasteiger partial charge in [-0.15, -0.1) is 0 Å². The van der Waals surface area contributed by atoms with E-state index in [0.717, 1.165) is 18.4 Å². The van der Waals surface area contributed by atoms with Crippen molar-refractivity contribution in [2.75, 3.05) is 14.2 Å². The molecular weight excluding hydrogens is 314 g/mol. The van der Waals surface area contributed by atoms with Crippen LogP contribution in [-0.2, 0) is 21.0 Å². The molecule has 0 heterocycles. The van der Waals surface area contributed by atoms with Gasteiger partial charge in [0.05, 0.1) is 13.7 Å². The van der Waals surface area contributed by atoms with Gasteiger partial charge in [0.2, 0.25) is 0 Å². The molecule has 0 N–H and O–H groups in total. The van der Waals surface area contributed by atoms with E-state index < -0.39 is 6.10 Å². The van der Waals surface area contributed by atoms with Crippen molar-refractivity contribution in [3.05, 3.63) is 59.2 Å². The van der Waals surface area contributed by atoms with E-state index in [1.165, 1.54) is 23.3 Å². The Morgan fingerprint density at radius 2 is 1.84 bits per heavy atom. The lowest BCUT2D eigenvalue weighted by Gasteiger charge is -2.21. The van der Waals surface area contributed by atoms with Gasteiger partial charge in [-0.2, -0.15) is 0 Å². The number of benzene rings is 1. The van der Waals surface area contributed by atoms with E-state index in [9.17, 15) is 4.79 Å². The van der Waals surface area contributed by atoms with Crippen LogP contribution in [0.4, 0.5) is 0 Å². The molecule has 0 radical (unpaired) electrons. The van der Waals surface area contributed by atoms with Crippen LogP contribution < -0.4 is 0 Å². The summed E-state index contributed by atoms with van der Waals surface area (Å²) in [4.78, 5) is 17.5. The first-order chi connectivity index (χ1) is 11.9. The summed E-state index contributed by atoms with van der Waals surface area (Å²) >= 11 is 0. The zero-order valence-corrected chi connectivity index (χ0v) is 16.1. The van der Waals surface area contributed by atoms with Crippen LogP contribution in [0.3, 0.4) is 0 Å². The predicted octanol–water partition coefficient (Wildman–Crippen LogP) is 4.67. The van der Waals surface area contributed by atoms with Gasteiger partial charge in [0.25, 0.3) is 5.91 Å². The third-order valence-corrected chi connectivity index (χ3v) is 3.93. The van der Waals surface area contributed by atoms with Gasteiger partial charge in [0, 0.05) is 13.5 Å². The van der Waals surface area contributed by atoms with E-state index in [4.69, 9.17) is 9.57 Å². The van der Waals surface area contributed by atoms with Crippen LogP contribution >= 0.6 is 0 Å². The Kier molecular flexibility index (Phi) is 9.81. The number of carbonyl (C=O) groups is 1. The Balaban J connectivity index is 2.67. The molecule has 0 fully saturated rings. The fourth-order valence-corrected chi connectivity index (χ4v) is 2.30. The van der Waals surface area contributed by atoms with E-state index >= 15 is 0 Å². The van der Waals surface area contributed by atoms with Gasteiger partial charge < -0.3 is 4.74 Å². The van der Waals surface area contributed by atoms with Gasteiger partial charge in [-0.25, -0.2) is 5.06 Å². The van der Waals surface area contributed by atoms with Gasteiger partial charge in [0.15, 0.2) is 0 Å². The Labute approximate surface area is 152 Å². The average Bonchev–Trinajstić information content (AvgIpc) is 2.61. The van der Waals surface area contributed by atoms with Crippen LogP contribution in [0.1, 0.15) is 45.6 Å². The molecule has 4 nitrogen and oxygen atoms in total. The molecule has 0 bridgehead atoms. The first kappa shape index (κ1) is 21.1. The maximum atomic E-state index is 12.4. The number of nitrogens with zero attached hydrogens (tertiary/aromatic N) is 1. The lowest BCUT2D eigenvalue weighted by atomic mass is 10.1. The molecule has 4 heteroatoms. The summed E-state index contributed by atoms with van der Waals surface area (Å²) in [5.74, 6) is -0.174. The smallest absolute Gasteiger partial charge is 0.275 e. The zero-order chi connectivity index (χ0) is 18.7. The van der Waals surface area contributed by atoms with Crippen molar-refractivity contribution in [3.8, 4) is 0 Å². The number of amides is 1. The van der Waals surface area contributed by atoms with Crippen molar-refractivity contribution in [2.45, 2.75) is 52.7 Å². The number of rotatable bonds is 10. The van der Waals surface area contributed by atoms with E-state index in [1.807, 2.05) is 30.3 Å². The second-order valence-electron chi connectivity index (χ2n) is 6.41. The molecule has 1 aromatic carbocycles. The molecule has 1 aromatic rings. The standard InChI is InChI=1S/C21H31NO3/c1-17(2)10-9-11-18(3)14-15-20(21(23)22(4)24-5)25-16-19-12-7-6-8-13-19/h6-8,10,12-14,20H,9,11,15-16H2,1-5H3/b18-14-. The minimum absolute atomic E-state index is 0.174. The first-order valence-electron chi connectivity index (χ1n) is 8.70. The van der Waals surface area contributed by atoms with Gasteiger partial charge in [0.1, 0.15) is 6.10 Å². The minimum atomic E-state index is -0.552. The van der Waals surface area contributed by atoms with Crippen molar-refractivity contribution < 1.29 is 14.4 Å². The second kappa shape index (κ2) is 11.6. The van der Waals surface area contributed by atoms with Crippen LogP contribution in [0.2, 0.25) is 0 Å². The molecule has 0 spiro atoms. The highest BCUT2D eigenvalue weighted by molar-refractivity contribution is 5.79. The topological polar surface area (TPSA) is 38.8 Å². The van der Waals surface area contributed by atoms with Gasteiger partial charge in [-0.05, 0) is 39.2 Å². The zero-order valence-electron chi connectivity index (χ0n) is 16.1. The van der Waals surface area contributed by atoms with Crippen molar-refractivity contribution in [2.24, 2.45) is 0 Å². The summed E-state index contributed by atoms with van der Waals surface area (Å²) in [6.45, 7) is 6.70. The Morgan fingerprint density at radius 1 is 1.16 bits per heavy atom. The van der Waals surface area contributed by atoms with Crippen molar-refractivity contribution >= 4 is 5.91 Å². The predicted molar refractivity (Wildman–Crippen MR) is 102 cm³/mol. The molecular formula is C21H31NO3. The lowest BCUT2D eigenvalue weighted by Crippen LogP contribution is -2.37. The van der Waals surface area contributed by atoms with Gasteiger partial charge >= 0.3 is 0 Å². The van der Waals surface area contributed by atoms with E-state index in [2.05, 4.69) is 32.9 Å². The SMILES string of the molecule is CON(C)C(=O)C(C/C=C(/C)CCC=C(C)C)OCc1ccccc1.